The summed E-state index contributed by atoms with van der Waals surface area (Å²) >= 11 is 0. The number of para-hydroxylation sites is 1. The average Bonchev–Trinajstić information content (AvgIpc) is 3.48. The second-order valence-electron chi connectivity index (χ2n) is 9.89. The molecule has 6 rings (SSSR count). The summed E-state index contributed by atoms with van der Waals surface area (Å²) in [6, 6.07) is 13.2. The van der Waals surface area contributed by atoms with Crippen LogP contribution in [0.5, 0.6) is 11.5 Å². The summed E-state index contributed by atoms with van der Waals surface area (Å²) in [6.45, 7) is 5.18. The van der Waals surface area contributed by atoms with Gasteiger partial charge in [-0.1, -0.05) is 24.8 Å². The number of carbonyl (C=O) groups is 2. The molecule has 2 aliphatic rings. The van der Waals surface area contributed by atoms with Crippen molar-refractivity contribution in [2.45, 2.75) is 31.7 Å². The Balaban J connectivity index is 1.42. The van der Waals surface area contributed by atoms with E-state index in [-0.39, 0.29) is 22.6 Å². The summed E-state index contributed by atoms with van der Waals surface area (Å²) in [7, 11) is 2.11. The van der Waals surface area contributed by atoms with E-state index in [1.54, 1.807) is 0 Å². The first kappa shape index (κ1) is 23.4. The molecule has 1 saturated heterocycles. The van der Waals surface area contributed by atoms with Crippen molar-refractivity contribution in [2.75, 3.05) is 25.5 Å². The Hall–Kier alpha value is -3.97. The predicted molar refractivity (Wildman–Crippen MR) is 141 cm³/mol. The van der Waals surface area contributed by atoms with Gasteiger partial charge in [-0.2, -0.15) is 0 Å². The van der Waals surface area contributed by atoms with Gasteiger partial charge in [-0.25, -0.2) is 4.39 Å². The fraction of sp³-hybridized carbons (Fsp3) is 0.267. The van der Waals surface area contributed by atoms with Crippen molar-refractivity contribution in [1.29, 1.82) is 0 Å². The van der Waals surface area contributed by atoms with Crippen LogP contribution in [0, 0.1) is 5.82 Å². The number of furan rings is 1. The number of anilines is 1. The van der Waals surface area contributed by atoms with Crippen LogP contribution in [-0.4, -0.2) is 43.1 Å². The number of carbonyl (C=O) groups excluding carboxylic acids is 2. The number of fused-ring (bicyclic) bond motifs is 5. The molecule has 3 aromatic carbocycles. The maximum atomic E-state index is 15.5. The van der Waals surface area contributed by atoms with E-state index < -0.39 is 11.6 Å². The fourth-order valence-corrected chi connectivity index (χ4v) is 5.58. The Morgan fingerprint density at radius 3 is 2.84 bits per heavy atom. The SMILES string of the molecule is C=C(C=O)C(=O)c1cc(F)c(NCCC2CCCN2C)c2c1Cc1cc3oc4ccccc4c3cc1O2. The van der Waals surface area contributed by atoms with Crippen molar-refractivity contribution >= 4 is 39.7 Å². The van der Waals surface area contributed by atoms with Crippen LogP contribution >= 0.6 is 0 Å². The number of hydrogen-bond donors (Lipinski definition) is 1. The van der Waals surface area contributed by atoms with Gasteiger partial charge >= 0.3 is 0 Å². The highest BCUT2D eigenvalue weighted by Gasteiger charge is 2.30. The van der Waals surface area contributed by atoms with E-state index in [2.05, 4.69) is 23.8 Å². The molecule has 7 heteroatoms. The Morgan fingerprint density at radius 2 is 2.05 bits per heavy atom. The smallest absolute Gasteiger partial charge is 0.196 e. The number of benzene rings is 3. The molecular weight excluding hydrogens is 471 g/mol. The van der Waals surface area contributed by atoms with E-state index in [9.17, 15) is 9.59 Å². The van der Waals surface area contributed by atoms with Crippen LogP contribution in [0.4, 0.5) is 10.1 Å². The number of ether oxygens (including phenoxy) is 1. The van der Waals surface area contributed by atoms with Crippen LogP contribution in [0.15, 0.2) is 59.0 Å². The van der Waals surface area contributed by atoms with Crippen LogP contribution in [0.25, 0.3) is 21.9 Å². The number of hydrogen-bond acceptors (Lipinski definition) is 6. The molecule has 1 atom stereocenters. The molecule has 2 aliphatic heterocycles. The van der Waals surface area contributed by atoms with Crippen LogP contribution in [0.1, 0.15) is 40.7 Å². The van der Waals surface area contributed by atoms with Crippen molar-refractivity contribution in [1.82, 2.24) is 4.90 Å². The lowest BCUT2D eigenvalue weighted by molar-refractivity contribution is -0.104. The Bertz CT molecular complexity index is 1590. The van der Waals surface area contributed by atoms with Crippen molar-refractivity contribution in [3.05, 3.63) is 77.1 Å². The van der Waals surface area contributed by atoms with E-state index in [1.807, 2.05) is 36.4 Å². The minimum absolute atomic E-state index is 0.0843. The molecule has 3 heterocycles. The molecule has 188 valence electrons. The number of likely N-dealkylation sites (tertiary alicyclic amines) is 1. The van der Waals surface area contributed by atoms with Crippen LogP contribution in [0.2, 0.25) is 0 Å². The summed E-state index contributed by atoms with van der Waals surface area (Å²) in [5.74, 6) is -0.343. The van der Waals surface area contributed by atoms with Gasteiger partial charge in [-0.15, -0.1) is 0 Å². The van der Waals surface area contributed by atoms with Crippen molar-refractivity contribution in [2.24, 2.45) is 0 Å². The maximum Gasteiger partial charge on any atom is 0.196 e. The molecule has 0 bridgehead atoms. The average molecular weight is 499 g/mol. The molecule has 1 aromatic heterocycles. The molecule has 6 nitrogen and oxygen atoms in total. The standard InChI is InChI=1S/C30H27FN2O4/c1-17(16-34)29(35)22-14-24(31)28(32-10-9-19-6-5-11-33(19)2)30-23(22)12-18-13-27-21(15-26(18)37-30)20-7-3-4-8-25(20)36-27/h3-4,7-8,13-16,19,32H,1,5-6,9-12H2,2H3. The number of nitrogens with one attached hydrogen (secondary N) is 1. The molecule has 0 aliphatic carbocycles. The molecule has 0 spiro atoms. The maximum absolute atomic E-state index is 15.5. The van der Waals surface area contributed by atoms with E-state index in [0.717, 1.165) is 41.3 Å². The zero-order valence-electron chi connectivity index (χ0n) is 20.6. The number of Topliss-reactive ketones (excluding diaryl/α,β-unsaturated/α-hetero) is 1. The second kappa shape index (κ2) is 9.16. The Morgan fingerprint density at radius 1 is 1.22 bits per heavy atom. The molecule has 1 unspecified atom stereocenters. The minimum Gasteiger partial charge on any atom is -0.456 e. The second-order valence-corrected chi connectivity index (χ2v) is 9.89. The van der Waals surface area contributed by atoms with Gasteiger partial charge < -0.3 is 19.4 Å². The van der Waals surface area contributed by atoms with Gasteiger partial charge in [0.1, 0.15) is 22.6 Å². The number of nitrogens with zero attached hydrogens (tertiary/aromatic N) is 1. The highest BCUT2D eigenvalue weighted by molar-refractivity contribution is 6.20. The Labute approximate surface area is 213 Å². The molecule has 1 N–H and O–H groups in total. The zero-order chi connectivity index (χ0) is 25.7. The topological polar surface area (TPSA) is 71.8 Å². The molecule has 4 aromatic rings. The van der Waals surface area contributed by atoms with Crippen molar-refractivity contribution in [3.8, 4) is 11.5 Å². The van der Waals surface area contributed by atoms with Gasteiger partial charge in [0.2, 0.25) is 0 Å². The number of aldehydes is 1. The summed E-state index contributed by atoms with van der Waals surface area (Å²) in [5.41, 5.74) is 2.89. The first-order chi connectivity index (χ1) is 17.9. The third-order valence-electron chi connectivity index (χ3n) is 7.60. The number of rotatable bonds is 7. The highest BCUT2D eigenvalue weighted by Crippen LogP contribution is 2.46. The largest absolute Gasteiger partial charge is 0.456 e. The lowest BCUT2D eigenvalue weighted by atomic mass is 9.90. The number of halogens is 1. The Kier molecular flexibility index (Phi) is 5.80. The predicted octanol–water partition coefficient (Wildman–Crippen LogP) is 6.26. The number of allylic oxidation sites excluding steroid dienone is 1. The van der Waals surface area contributed by atoms with Gasteiger partial charge in [0, 0.05) is 46.5 Å². The monoisotopic (exact) mass is 498 g/mol. The summed E-state index contributed by atoms with van der Waals surface area (Å²) in [6.07, 6.45) is 3.88. The van der Waals surface area contributed by atoms with Gasteiger partial charge in [0.05, 0.1) is 5.57 Å². The van der Waals surface area contributed by atoms with Gasteiger partial charge in [-0.05, 0) is 57.1 Å². The number of ketones is 1. The third kappa shape index (κ3) is 4.00. The normalized spacial score (nSPS) is 16.9. The van der Waals surface area contributed by atoms with Crippen molar-refractivity contribution < 1.29 is 23.1 Å². The highest BCUT2D eigenvalue weighted by atomic mass is 19.1. The summed E-state index contributed by atoms with van der Waals surface area (Å²) < 4.78 is 27.9. The summed E-state index contributed by atoms with van der Waals surface area (Å²) in [4.78, 5) is 26.6. The third-order valence-corrected chi connectivity index (χ3v) is 7.60. The van der Waals surface area contributed by atoms with E-state index >= 15 is 4.39 Å². The minimum atomic E-state index is -0.610. The first-order valence-electron chi connectivity index (χ1n) is 12.5. The quantitative estimate of drug-likeness (QED) is 0.0940. The lowest BCUT2D eigenvalue weighted by Crippen LogP contribution is -2.27. The molecule has 0 saturated carbocycles. The van der Waals surface area contributed by atoms with Gasteiger partial charge in [-0.3, -0.25) is 9.59 Å². The zero-order valence-corrected chi connectivity index (χ0v) is 20.6. The van der Waals surface area contributed by atoms with E-state index in [0.29, 0.717) is 42.2 Å². The van der Waals surface area contributed by atoms with Gasteiger partial charge in [0.15, 0.2) is 23.6 Å². The van der Waals surface area contributed by atoms with Crippen LogP contribution in [0.3, 0.4) is 0 Å². The first-order valence-corrected chi connectivity index (χ1v) is 12.5. The molecule has 0 radical (unpaired) electrons. The molecule has 37 heavy (non-hydrogen) atoms. The molecule has 1 fully saturated rings. The van der Waals surface area contributed by atoms with Crippen LogP contribution in [-0.2, 0) is 11.2 Å². The fourth-order valence-electron chi connectivity index (χ4n) is 5.58. The summed E-state index contributed by atoms with van der Waals surface area (Å²) in [5, 5.41) is 5.11. The van der Waals surface area contributed by atoms with E-state index in [4.69, 9.17) is 9.15 Å². The van der Waals surface area contributed by atoms with Crippen LogP contribution < -0.4 is 10.1 Å². The lowest BCUT2D eigenvalue weighted by Gasteiger charge is -2.26. The van der Waals surface area contributed by atoms with E-state index in [1.165, 1.54) is 12.5 Å². The molecule has 0 amide bonds. The van der Waals surface area contributed by atoms with Crippen molar-refractivity contribution in [3.63, 3.8) is 0 Å². The van der Waals surface area contributed by atoms with Gasteiger partial charge in [0.25, 0.3) is 0 Å². The molecular formula is C30H27FN2O4.